The second-order valence-corrected chi connectivity index (χ2v) is 9.99. The predicted octanol–water partition coefficient (Wildman–Crippen LogP) is 5.98. The first-order chi connectivity index (χ1) is 15.9. The highest BCUT2D eigenvalue weighted by Gasteiger charge is 2.23. The zero-order valence-corrected chi connectivity index (χ0v) is 22.9. The monoisotopic (exact) mass is 524 g/mol. The van der Waals surface area contributed by atoms with Crippen molar-refractivity contribution in [3.05, 3.63) is 52.6 Å². The fourth-order valence-electron chi connectivity index (χ4n) is 5.22. The molecule has 4 rings (SSSR count). The molecule has 1 atom stereocenters. The van der Waals surface area contributed by atoms with Crippen molar-refractivity contribution in [2.75, 3.05) is 32.0 Å². The number of benzene rings is 2. The van der Waals surface area contributed by atoms with Crippen LogP contribution in [0.2, 0.25) is 0 Å². The summed E-state index contributed by atoms with van der Waals surface area (Å²) >= 11 is 0. The summed E-state index contributed by atoms with van der Waals surface area (Å²) in [5.41, 5.74) is 11.4. The van der Waals surface area contributed by atoms with E-state index >= 15 is 0 Å². The van der Waals surface area contributed by atoms with E-state index in [-0.39, 0.29) is 24.8 Å². The van der Waals surface area contributed by atoms with Crippen LogP contribution in [0.1, 0.15) is 66.7 Å². The lowest BCUT2D eigenvalue weighted by Crippen LogP contribution is -2.40. The zero-order chi connectivity index (χ0) is 23.4. The number of ether oxygens (including phenoxy) is 2. The fraction of sp³-hybridized carbons (Fsp3) is 0.571. The third-order valence-electron chi connectivity index (χ3n) is 7.55. The minimum absolute atomic E-state index is 0. The normalized spacial score (nSPS) is 17.9. The molecule has 0 aromatic heterocycles. The van der Waals surface area contributed by atoms with E-state index in [0.717, 1.165) is 59.8 Å². The number of piperidine rings is 1. The predicted molar refractivity (Wildman–Crippen MR) is 149 cm³/mol. The van der Waals surface area contributed by atoms with Gasteiger partial charge in [0.05, 0.1) is 6.10 Å². The summed E-state index contributed by atoms with van der Waals surface area (Å²) in [6, 6.07) is 10.7. The smallest absolute Gasteiger partial charge is 0.123 e. The second kappa shape index (κ2) is 13.6. The first-order valence-corrected chi connectivity index (χ1v) is 12.6. The number of nitrogens with two attached hydrogens (primary N) is 1. The topological polar surface area (TPSA) is 68.0 Å². The molecule has 7 heteroatoms. The molecule has 1 aliphatic carbocycles. The number of hydrogen-bond donors (Lipinski definition) is 2. The van der Waals surface area contributed by atoms with Crippen molar-refractivity contribution in [2.24, 2.45) is 0 Å². The lowest BCUT2D eigenvalue weighted by Gasteiger charge is -2.33. The van der Waals surface area contributed by atoms with Gasteiger partial charge in [-0.1, -0.05) is 12.1 Å². The number of aliphatic hydroxyl groups is 1. The van der Waals surface area contributed by atoms with Gasteiger partial charge in [0.1, 0.15) is 24.2 Å². The molecule has 2 aromatic carbocycles. The van der Waals surface area contributed by atoms with Crippen molar-refractivity contribution in [3.8, 4) is 11.5 Å². The van der Waals surface area contributed by atoms with Crippen LogP contribution in [0.3, 0.4) is 0 Å². The van der Waals surface area contributed by atoms with Gasteiger partial charge in [0, 0.05) is 12.2 Å². The number of anilines is 1. The Bertz CT molecular complexity index is 925. The minimum atomic E-state index is -0.508. The Morgan fingerprint density at radius 2 is 1.60 bits per heavy atom. The highest BCUT2D eigenvalue weighted by atomic mass is 35.5. The molecule has 2 aliphatic rings. The van der Waals surface area contributed by atoms with Crippen LogP contribution in [0.25, 0.3) is 0 Å². The standard InChI is InChI=1S/C28H40N2O3.2ClH/c1-19-16-27(20(2)21(3)28(19)29)32-18-24(31)17-30-14-12-23(13-15-30)22-8-10-26(11-9-22)33-25-6-4-5-7-25;;/h8-11,16,23-25,31H,4-7,12-15,17-18,29H2,1-3H3;2*1H/t24-;;/m0../s1. The minimum Gasteiger partial charge on any atom is -0.491 e. The summed E-state index contributed by atoms with van der Waals surface area (Å²) in [6.45, 7) is 8.97. The van der Waals surface area contributed by atoms with Crippen LogP contribution in [-0.2, 0) is 0 Å². The van der Waals surface area contributed by atoms with E-state index in [2.05, 4.69) is 29.2 Å². The van der Waals surface area contributed by atoms with Crippen LogP contribution < -0.4 is 15.2 Å². The molecule has 196 valence electrons. The maximum atomic E-state index is 10.6. The molecule has 0 bridgehead atoms. The molecule has 3 N–H and O–H groups in total. The number of aryl methyl sites for hydroxylation is 1. The SMILES string of the molecule is Cc1cc(OC[C@@H](O)CN2CCC(c3ccc(OC4CCCC4)cc3)CC2)c(C)c(C)c1N.Cl.Cl. The van der Waals surface area contributed by atoms with E-state index in [4.69, 9.17) is 15.2 Å². The number of hydrogen-bond acceptors (Lipinski definition) is 5. The first-order valence-electron chi connectivity index (χ1n) is 12.6. The Morgan fingerprint density at radius 1 is 0.971 bits per heavy atom. The summed E-state index contributed by atoms with van der Waals surface area (Å²) in [7, 11) is 0. The van der Waals surface area contributed by atoms with Gasteiger partial charge < -0.3 is 25.2 Å². The number of likely N-dealkylation sites (tertiary alicyclic amines) is 1. The Balaban J connectivity index is 0.00000216. The highest BCUT2D eigenvalue weighted by Crippen LogP contribution is 2.31. The van der Waals surface area contributed by atoms with E-state index in [1.54, 1.807) is 0 Å². The van der Waals surface area contributed by atoms with Gasteiger partial charge in [0.2, 0.25) is 0 Å². The molecular formula is C28H42Cl2N2O3. The van der Waals surface area contributed by atoms with E-state index < -0.39 is 6.10 Å². The van der Waals surface area contributed by atoms with Gasteiger partial charge in [0.25, 0.3) is 0 Å². The molecule has 1 saturated heterocycles. The molecule has 2 fully saturated rings. The van der Waals surface area contributed by atoms with Gasteiger partial charge in [0.15, 0.2) is 0 Å². The van der Waals surface area contributed by atoms with Gasteiger partial charge in [-0.2, -0.15) is 0 Å². The summed E-state index contributed by atoms with van der Waals surface area (Å²) < 4.78 is 12.1. The molecule has 0 spiro atoms. The van der Waals surface area contributed by atoms with Crippen LogP contribution in [0.4, 0.5) is 5.69 Å². The Hall–Kier alpha value is -1.66. The first kappa shape index (κ1) is 29.6. The maximum Gasteiger partial charge on any atom is 0.123 e. The van der Waals surface area contributed by atoms with Crippen LogP contribution in [0.5, 0.6) is 11.5 Å². The third kappa shape index (κ3) is 7.66. The lowest BCUT2D eigenvalue weighted by atomic mass is 9.89. The number of aliphatic hydroxyl groups excluding tert-OH is 1. The van der Waals surface area contributed by atoms with E-state index in [1.807, 2.05) is 26.8 Å². The van der Waals surface area contributed by atoms with Crippen molar-refractivity contribution in [3.63, 3.8) is 0 Å². The largest absolute Gasteiger partial charge is 0.491 e. The quantitative estimate of drug-likeness (QED) is 0.415. The molecular weight excluding hydrogens is 483 g/mol. The van der Waals surface area contributed by atoms with Crippen LogP contribution in [0, 0.1) is 20.8 Å². The van der Waals surface area contributed by atoms with Crippen LogP contribution >= 0.6 is 24.8 Å². The van der Waals surface area contributed by atoms with Gasteiger partial charge in [-0.3, -0.25) is 0 Å². The van der Waals surface area contributed by atoms with Gasteiger partial charge >= 0.3 is 0 Å². The molecule has 1 saturated carbocycles. The van der Waals surface area contributed by atoms with Crippen molar-refractivity contribution in [2.45, 2.75) is 77.4 Å². The number of rotatable bonds is 8. The average molecular weight is 526 g/mol. The van der Waals surface area contributed by atoms with Crippen LogP contribution in [0.15, 0.2) is 30.3 Å². The molecule has 35 heavy (non-hydrogen) atoms. The molecule has 0 unspecified atom stereocenters. The summed E-state index contributed by atoms with van der Waals surface area (Å²) in [5.74, 6) is 2.41. The number of halogens is 2. The third-order valence-corrected chi connectivity index (χ3v) is 7.55. The number of β-amino-alcohol motifs (C(OH)–C–C–N with tert-alkyl or cyclic N) is 1. The zero-order valence-electron chi connectivity index (χ0n) is 21.3. The lowest BCUT2D eigenvalue weighted by molar-refractivity contribution is 0.0592. The van der Waals surface area contributed by atoms with E-state index in [9.17, 15) is 5.11 Å². The molecule has 1 aliphatic heterocycles. The molecule has 0 amide bonds. The van der Waals surface area contributed by atoms with Gasteiger partial charge in [-0.15, -0.1) is 24.8 Å². The Morgan fingerprint density at radius 3 is 2.23 bits per heavy atom. The Kier molecular flexibility index (Phi) is 11.5. The van der Waals surface area contributed by atoms with E-state index in [1.165, 1.54) is 31.2 Å². The second-order valence-electron chi connectivity index (χ2n) is 9.99. The summed E-state index contributed by atoms with van der Waals surface area (Å²) in [6.07, 6.45) is 7.10. The summed E-state index contributed by atoms with van der Waals surface area (Å²) in [4.78, 5) is 2.36. The number of nitrogen functional groups attached to an aromatic ring is 1. The number of nitrogens with zero attached hydrogens (tertiary/aromatic N) is 1. The van der Waals surface area contributed by atoms with Crippen molar-refractivity contribution < 1.29 is 14.6 Å². The van der Waals surface area contributed by atoms with Crippen molar-refractivity contribution >= 4 is 30.5 Å². The van der Waals surface area contributed by atoms with E-state index in [0.29, 0.717) is 25.2 Å². The van der Waals surface area contributed by atoms with Gasteiger partial charge in [-0.25, -0.2) is 0 Å². The van der Waals surface area contributed by atoms with Crippen molar-refractivity contribution in [1.29, 1.82) is 0 Å². The van der Waals surface area contributed by atoms with Gasteiger partial charge in [-0.05, 0) is 119 Å². The average Bonchev–Trinajstić information content (AvgIpc) is 3.33. The molecule has 0 radical (unpaired) electrons. The van der Waals surface area contributed by atoms with Crippen molar-refractivity contribution in [1.82, 2.24) is 4.90 Å². The molecule has 2 aromatic rings. The summed E-state index contributed by atoms with van der Waals surface area (Å²) in [5, 5.41) is 10.6. The highest BCUT2D eigenvalue weighted by molar-refractivity contribution is 5.85. The Labute approximate surface area is 223 Å². The fourth-order valence-corrected chi connectivity index (χ4v) is 5.22. The van der Waals surface area contributed by atoms with Crippen LogP contribution in [-0.4, -0.2) is 48.5 Å². The maximum absolute atomic E-state index is 10.6. The molecule has 1 heterocycles. The molecule has 5 nitrogen and oxygen atoms in total.